The van der Waals surface area contributed by atoms with Gasteiger partial charge in [-0.05, 0) is 36.5 Å². The van der Waals surface area contributed by atoms with Gasteiger partial charge in [-0.25, -0.2) is 8.78 Å². The van der Waals surface area contributed by atoms with Crippen LogP contribution in [0.1, 0.15) is 37.7 Å². The summed E-state index contributed by atoms with van der Waals surface area (Å²) in [6.07, 6.45) is 2.47. The fourth-order valence-corrected chi connectivity index (χ4v) is 10.3. The van der Waals surface area contributed by atoms with Crippen LogP contribution in [0.5, 0.6) is 5.75 Å². The fourth-order valence-electron chi connectivity index (χ4n) is 4.51. The lowest BCUT2D eigenvalue weighted by molar-refractivity contribution is -0.0501. The third-order valence-electron chi connectivity index (χ3n) is 6.03. The molecule has 0 spiro atoms. The Bertz CT molecular complexity index is 994. The van der Waals surface area contributed by atoms with Gasteiger partial charge in [0, 0.05) is 0 Å². The number of alkyl halides is 3. The molecule has 2 aromatic carbocycles. The Morgan fingerprint density at radius 2 is 1.58 bits per heavy atom. The molecule has 3 nitrogen and oxygen atoms in total. The van der Waals surface area contributed by atoms with Crippen molar-refractivity contribution >= 4 is 23.4 Å². The Morgan fingerprint density at radius 1 is 1.03 bits per heavy atom. The molecule has 31 heavy (non-hydrogen) atoms. The van der Waals surface area contributed by atoms with Crippen molar-refractivity contribution in [1.82, 2.24) is 0 Å². The summed E-state index contributed by atoms with van der Waals surface area (Å²) < 4.78 is 92.0. The summed E-state index contributed by atoms with van der Waals surface area (Å²) in [5.74, 6) is -4.64. The van der Waals surface area contributed by atoms with Crippen molar-refractivity contribution in [3.8, 4) is 5.75 Å². The lowest BCUT2D eigenvalue weighted by Gasteiger charge is -2.39. The van der Waals surface area contributed by atoms with Crippen molar-refractivity contribution in [2.24, 2.45) is 0 Å². The Hall–Kier alpha value is -1.94. The lowest BCUT2D eigenvalue weighted by atomic mass is 9.93. The fraction of sp³-hybridized carbons (Fsp3) is 0.429. The highest BCUT2D eigenvalue weighted by Gasteiger charge is 2.49. The molecule has 10 heteroatoms. The molecule has 1 aliphatic heterocycles. The van der Waals surface area contributed by atoms with Gasteiger partial charge in [0.05, 0.1) is 8.07 Å². The second-order valence-corrected chi connectivity index (χ2v) is 14.1. The normalized spacial score (nSPS) is 22.3. The highest BCUT2D eigenvalue weighted by Crippen LogP contribution is 2.42. The molecule has 0 N–H and O–H groups in total. The van der Waals surface area contributed by atoms with E-state index in [4.69, 9.17) is 0 Å². The molecule has 0 bridgehead atoms. The third-order valence-corrected chi connectivity index (χ3v) is 12.5. The van der Waals surface area contributed by atoms with Crippen LogP contribution in [0.2, 0.25) is 18.1 Å². The van der Waals surface area contributed by atoms with E-state index >= 15 is 0 Å². The van der Waals surface area contributed by atoms with Crippen LogP contribution in [0.3, 0.4) is 0 Å². The molecule has 1 saturated heterocycles. The Kier molecular flexibility index (Phi) is 6.80. The van der Waals surface area contributed by atoms with E-state index in [9.17, 15) is 30.4 Å². The van der Waals surface area contributed by atoms with Gasteiger partial charge < -0.3 is 4.18 Å². The number of halogens is 5. The third kappa shape index (κ3) is 4.95. The molecule has 170 valence electrons. The molecule has 3 rings (SSSR count). The highest BCUT2D eigenvalue weighted by molar-refractivity contribution is 7.88. The van der Waals surface area contributed by atoms with Crippen LogP contribution in [0.25, 0.3) is 0 Å². The first-order valence-electron chi connectivity index (χ1n) is 10.0. The summed E-state index contributed by atoms with van der Waals surface area (Å²) in [7, 11) is -7.90. The maximum absolute atomic E-state index is 14.3. The van der Waals surface area contributed by atoms with Crippen molar-refractivity contribution in [3.63, 3.8) is 0 Å². The van der Waals surface area contributed by atoms with Crippen LogP contribution >= 0.6 is 0 Å². The molecule has 0 unspecified atom stereocenters. The van der Waals surface area contributed by atoms with Crippen LogP contribution in [-0.4, -0.2) is 22.0 Å². The van der Waals surface area contributed by atoms with E-state index in [1.807, 2.05) is 18.2 Å². The van der Waals surface area contributed by atoms with Gasteiger partial charge in [-0.15, -0.1) is 0 Å². The molecule has 0 saturated carbocycles. The quantitative estimate of drug-likeness (QED) is 0.227. The van der Waals surface area contributed by atoms with Gasteiger partial charge in [-0.3, -0.25) is 0 Å². The first-order valence-corrected chi connectivity index (χ1v) is 14.1. The topological polar surface area (TPSA) is 43.4 Å². The predicted octanol–water partition coefficient (Wildman–Crippen LogP) is 5.84. The Labute approximate surface area is 179 Å². The zero-order chi connectivity index (χ0) is 22.9. The van der Waals surface area contributed by atoms with Gasteiger partial charge in [-0.1, -0.05) is 67.0 Å². The highest BCUT2D eigenvalue weighted by atomic mass is 32.2. The first kappa shape index (κ1) is 23.7. The minimum atomic E-state index is -6.16. The van der Waals surface area contributed by atoms with Gasteiger partial charge >= 0.3 is 15.6 Å². The maximum atomic E-state index is 14.3. The summed E-state index contributed by atoms with van der Waals surface area (Å²) in [6.45, 7) is 2.14. The number of benzene rings is 2. The van der Waals surface area contributed by atoms with Crippen LogP contribution in [0.15, 0.2) is 42.5 Å². The molecule has 2 aromatic rings. The minimum Gasteiger partial charge on any atom is -0.370 e. The maximum Gasteiger partial charge on any atom is 0.534 e. The molecule has 0 amide bonds. The monoisotopic (exact) mass is 478 g/mol. The average Bonchev–Trinajstić information content (AvgIpc) is 2.71. The molecular formula is C21H23F5O3SSi. The second kappa shape index (κ2) is 8.89. The van der Waals surface area contributed by atoms with E-state index in [1.165, 1.54) is 5.19 Å². The molecule has 0 atom stereocenters. The number of rotatable bonds is 6. The number of hydrogen-bond donors (Lipinski definition) is 0. The van der Waals surface area contributed by atoms with Crippen molar-refractivity contribution < 1.29 is 34.6 Å². The zero-order valence-corrected chi connectivity index (χ0v) is 18.7. The standard InChI is InChI=1S/C21H23F5O3SSi/c1-2-10-31(17-6-4-3-5-7-17)11-8-15(9-12-31)16-13-18(22)20(19(23)14-16)29-30(27,28)21(24,25)26/h3-7,13-15H,2,8-12H2,1H3. The van der Waals surface area contributed by atoms with E-state index < -0.39 is 41.1 Å². The van der Waals surface area contributed by atoms with Gasteiger partial charge in [-0.2, -0.15) is 21.6 Å². The minimum absolute atomic E-state index is 0.154. The van der Waals surface area contributed by atoms with Crippen LogP contribution in [0.4, 0.5) is 22.0 Å². The summed E-state index contributed by atoms with van der Waals surface area (Å²) in [6, 6.07) is 15.1. The summed E-state index contributed by atoms with van der Waals surface area (Å²) >= 11 is 0. The number of hydrogen-bond acceptors (Lipinski definition) is 3. The second-order valence-electron chi connectivity index (χ2n) is 7.97. The molecule has 1 fully saturated rings. The van der Waals surface area contributed by atoms with Crippen molar-refractivity contribution in [2.45, 2.75) is 55.7 Å². The van der Waals surface area contributed by atoms with Gasteiger partial charge in [0.1, 0.15) is 0 Å². The largest absolute Gasteiger partial charge is 0.534 e. The molecule has 0 aliphatic carbocycles. The van der Waals surface area contributed by atoms with Gasteiger partial charge in [0.25, 0.3) is 0 Å². The van der Waals surface area contributed by atoms with Gasteiger partial charge in [0.15, 0.2) is 11.6 Å². The van der Waals surface area contributed by atoms with E-state index in [0.717, 1.165) is 36.7 Å². The van der Waals surface area contributed by atoms with Crippen molar-refractivity contribution in [2.75, 3.05) is 0 Å². The van der Waals surface area contributed by atoms with E-state index in [-0.39, 0.29) is 5.92 Å². The van der Waals surface area contributed by atoms with Gasteiger partial charge in [0.2, 0.25) is 5.75 Å². The zero-order valence-electron chi connectivity index (χ0n) is 16.9. The predicted molar refractivity (Wildman–Crippen MR) is 110 cm³/mol. The first-order chi connectivity index (χ1) is 14.5. The molecule has 0 radical (unpaired) electrons. The molecule has 0 aromatic heterocycles. The van der Waals surface area contributed by atoms with E-state index in [0.29, 0.717) is 18.4 Å². The Morgan fingerprint density at radius 3 is 2.06 bits per heavy atom. The molecule has 1 heterocycles. The van der Waals surface area contributed by atoms with E-state index in [2.05, 4.69) is 23.2 Å². The SMILES string of the molecule is CCC[Si]1(c2ccccc2)CCC(c2cc(F)c(OS(=O)(=O)C(F)(F)F)c(F)c2)CC1. The summed E-state index contributed by atoms with van der Waals surface area (Å²) in [5, 5.41) is 1.37. The van der Waals surface area contributed by atoms with Crippen LogP contribution < -0.4 is 9.37 Å². The Balaban J connectivity index is 1.81. The van der Waals surface area contributed by atoms with Crippen LogP contribution in [-0.2, 0) is 10.1 Å². The summed E-state index contributed by atoms with van der Waals surface area (Å²) in [4.78, 5) is 0. The van der Waals surface area contributed by atoms with Crippen molar-refractivity contribution in [1.29, 1.82) is 0 Å². The molecule has 1 aliphatic rings. The lowest BCUT2D eigenvalue weighted by Crippen LogP contribution is -2.49. The summed E-state index contributed by atoms with van der Waals surface area (Å²) in [5.41, 5.74) is -5.47. The van der Waals surface area contributed by atoms with E-state index in [1.54, 1.807) is 0 Å². The van der Waals surface area contributed by atoms with Crippen LogP contribution in [0, 0.1) is 11.6 Å². The average molecular weight is 479 g/mol. The molecular weight excluding hydrogens is 455 g/mol. The van der Waals surface area contributed by atoms with Crippen molar-refractivity contribution in [3.05, 3.63) is 59.7 Å². The smallest absolute Gasteiger partial charge is 0.370 e.